The van der Waals surface area contributed by atoms with Crippen LogP contribution in [0.25, 0.3) is 0 Å². The first-order valence-corrected chi connectivity index (χ1v) is 5.22. The number of nitrogens with two attached hydrogens (primary N) is 1. The van der Waals surface area contributed by atoms with Crippen LogP contribution < -0.4 is 5.73 Å². The van der Waals surface area contributed by atoms with Crippen LogP contribution in [-0.2, 0) is 0 Å². The van der Waals surface area contributed by atoms with Crippen LogP contribution in [0.4, 0.5) is 0 Å². The first-order chi connectivity index (χ1) is 6.78. The molecule has 1 aliphatic carbocycles. The monoisotopic (exact) mass is 191 g/mol. The Balaban J connectivity index is 2.19. The molecule has 2 rings (SSSR count). The molecule has 0 radical (unpaired) electrons. The lowest BCUT2D eigenvalue weighted by Crippen LogP contribution is -2.42. The maximum atomic E-state index is 10.2. The lowest BCUT2D eigenvalue weighted by atomic mass is 9.63. The molecule has 2 heteroatoms. The van der Waals surface area contributed by atoms with Gasteiger partial charge in [-0.2, -0.15) is 0 Å². The van der Waals surface area contributed by atoms with Crippen molar-refractivity contribution in [3.8, 4) is 0 Å². The van der Waals surface area contributed by atoms with Gasteiger partial charge in [-0.25, -0.2) is 0 Å². The molecular weight excluding hydrogens is 174 g/mol. The molecule has 1 fully saturated rings. The summed E-state index contributed by atoms with van der Waals surface area (Å²) in [5.41, 5.74) is 6.70. The zero-order chi connectivity index (χ0) is 10.0. The second kappa shape index (κ2) is 3.71. The molecule has 76 valence electrons. The Bertz CT molecular complexity index is 287. The summed E-state index contributed by atoms with van der Waals surface area (Å²) in [4.78, 5) is 0. The van der Waals surface area contributed by atoms with Crippen molar-refractivity contribution in [3.63, 3.8) is 0 Å². The Morgan fingerprint density at radius 2 is 1.93 bits per heavy atom. The standard InChI is InChI=1S/C12H17NO/c13-9-12(7-4-8-12)11(14)10-5-2-1-3-6-10/h1-3,5-6,11,14H,4,7-9,13H2. The fraction of sp³-hybridized carbons (Fsp3) is 0.500. The first-order valence-electron chi connectivity index (χ1n) is 5.22. The first kappa shape index (κ1) is 9.69. The van der Waals surface area contributed by atoms with Crippen LogP contribution in [0, 0.1) is 5.41 Å². The van der Waals surface area contributed by atoms with Crippen LogP contribution in [0.1, 0.15) is 30.9 Å². The molecule has 3 N–H and O–H groups in total. The summed E-state index contributed by atoms with van der Waals surface area (Å²) < 4.78 is 0. The molecule has 1 unspecified atom stereocenters. The molecule has 0 aromatic heterocycles. The summed E-state index contributed by atoms with van der Waals surface area (Å²) in [6, 6.07) is 9.83. The van der Waals surface area contributed by atoms with Gasteiger partial charge in [0.25, 0.3) is 0 Å². The van der Waals surface area contributed by atoms with E-state index in [2.05, 4.69) is 0 Å². The molecule has 1 aromatic carbocycles. The van der Waals surface area contributed by atoms with Crippen LogP contribution in [0.2, 0.25) is 0 Å². The van der Waals surface area contributed by atoms with Gasteiger partial charge in [0, 0.05) is 12.0 Å². The number of hydrogen-bond acceptors (Lipinski definition) is 2. The molecule has 2 nitrogen and oxygen atoms in total. The van der Waals surface area contributed by atoms with Crippen molar-refractivity contribution < 1.29 is 5.11 Å². The van der Waals surface area contributed by atoms with Gasteiger partial charge >= 0.3 is 0 Å². The van der Waals surface area contributed by atoms with Crippen molar-refractivity contribution >= 4 is 0 Å². The van der Waals surface area contributed by atoms with Crippen molar-refractivity contribution in [2.24, 2.45) is 11.1 Å². The average Bonchev–Trinajstić information content (AvgIpc) is 2.18. The van der Waals surface area contributed by atoms with Crippen LogP contribution in [0.15, 0.2) is 30.3 Å². The SMILES string of the molecule is NCC1(C(O)c2ccccc2)CCC1. The van der Waals surface area contributed by atoms with Gasteiger partial charge < -0.3 is 10.8 Å². The third-order valence-corrected chi connectivity index (χ3v) is 3.45. The van der Waals surface area contributed by atoms with E-state index in [0.717, 1.165) is 18.4 Å². The zero-order valence-corrected chi connectivity index (χ0v) is 8.32. The summed E-state index contributed by atoms with van der Waals surface area (Å²) >= 11 is 0. The van der Waals surface area contributed by atoms with E-state index >= 15 is 0 Å². The van der Waals surface area contributed by atoms with Gasteiger partial charge in [-0.3, -0.25) is 0 Å². The van der Waals surface area contributed by atoms with Crippen molar-refractivity contribution in [1.82, 2.24) is 0 Å². The van der Waals surface area contributed by atoms with Gasteiger partial charge in [0.1, 0.15) is 0 Å². The highest BCUT2D eigenvalue weighted by molar-refractivity contribution is 5.20. The van der Waals surface area contributed by atoms with Gasteiger partial charge in [0.05, 0.1) is 6.10 Å². The van der Waals surface area contributed by atoms with E-state index < -0.39 is 0 Å². The molecule has 0 spiro atoms. The number of rotatable bonds is 3. The molecule has 1 aliphatic rings. The highest BCUT2D eigenvalue weighted by Crippen LogP contribution is 2.49. The minimum Gasteiger partial charge on any atom is -0.388 e. The molecule has 0 heterocycles. The fourth-order valence-corrected chi connectivity index (χ4v) is 2.21. The van der Waals surface area contributed by atoms with E-state index in [1.165, 1.54) is 6.42 Å². The third-order valence-electron chi connectivity index (χ3n) is 3.45. The molecule has 0 saturated heterocycles. The lowest BCUT2D eigenvalue weighted by molar-refractivity contribution is -0.0296. The second-order valence-corrected chi connectivity index (χ2v) is 4.23. The Hall–Kier alpha value is -0.860. The number of benzene rings is 1. The average molecular weight is 191 g/mol. The van der Waals surface area contributed by atoms with Gasteiger partial charge in [0.15, 0.2) is 0 Å². The topological polar surface area (TPSA) is 46.2 Å². The summed E-state index contributed by atoms with van der Waals surface area (Å²) in [6.45, 7) is 0.586. The molecule has 1 aromatic rings. The van der Waals surface area contributed by atoms with Gasteiger partial charge in [-0.15, -0.1) is 0 Å². The van der Waals surface area contributed by atoms with E-state index in [1.807, 2.05) is 30.3 Å². The predicted octanol–water partition coefficient (Wildman–Crippen LogP) is 1.85. The molecule has 0 bridgehead atoms. The Kier molecular flexibility index (Phi) is 2.57. The Morgan fingerprint density at radius 1 is 1.29 bits per heavy atom. The molecule has 14 heavy (non-hydrogen) atoms. The smallest absolute Gasteiger partial charge is 0.0858 e. The van der Waals surface area contributed by atoms with E-state index in [-0.39, 0.29) is 11.5 Å². The van der Waals surface area contributed by atoms with Crippen molar-refractivity contribution in [2.75, 3.05) is 6.54 Å². The van der Waals surface area contributed by atoms with Crippen molar-refractivity contribution in [1.29, 1.82) is 0 Å². The van der Waals surface area contributed by atoms with Crippen LogP contribution in [-0.4, -0.2) is 11.7 Å². The molecule has 1 atom stereocenters. The minimum absolute atomic E-state index is 0.0403. The Labute approximate surface area is 84.7 Å². The maximum Gasteiger partial charge on any atom is 0.0858 e. The summed E-state index contributed by atoms with van der Waals surface area (Å²) in [6.07, 6.45) is 2.92. The normalized spacial score (nSPS) is 21.3. The van der Waals surface area contributed by atoms with Crippen molar-refractivity contribution in [3.05, 3.63) is 35.9 Å². The zero-order valence-electron chi connectivity index (χ0n) is 8.32. The number of hydrogen-bond donors (Lipinski definition) is 2. The van der Waals surface area contributed by atoms with Gasteiger partial charge in [-0.1, -0.05) is 36.8 Å². The maximum absolute atomic E-state index is 10.2. The highest BCUT2D eigenvalue weighted by atomic mass is 16.3. The van der Waals surface area contributed by atoms with E-state index in [9.17, 15) is 5.11 Å². The van der Waals surface area contributed by atoms with Crippen LogP contribution in [0.5, 0.6) is 0 Å². The van der Waals surface area contributed by atoms with E-state index in [0.29, 0.717) is 6.54 Å². The van der Waals surface area contributed by atoms with Gasteiger partial charge in [0.2, 0.25) is 0 Å². The van der Waals surface area contributed by atoms with Crippen molar-refractivity contribution in [2.45, 2.75) is 25.4 Å². The quantitative estimate of drug-likeness (QED) is 0.766. The highest BCUT2D eigenvalue weighted by Gasteiger charge is 2.42. The van der Waals surface area contributed by atoms with Gasteiger partial charge in [-0.05, 0) is 18.4 Å². The van der Waals surface area contributed by atoms with E-state index in [1.54, 1.807) is 0 Å². The largest absolute Gasteiger partial charge is 0.388 e. The van der Waals surface area contributed by atoms with E-state index in [4.69, 9.17) is 5.73 Å². The minimum atomic E-state index is -0.387. The summed E-state index contributed by atoms with van der Waals surface area (Å²) in [5, 5.41) is 10.2. The molecular formula is C12H17NO. The number of aliphatic hydroxyl groups is 1. The molecule has 0 amide bonds. The fourth-order valence-electron chi connectivity index (χ4n) is 2.21. The second-order valence-electron chi connectivity index (χ2n) is 4.23. The lowest BCUT2D eigenvalue weighted by Gasteiger charge is -2.44. The predicted molar refractivity (Wildman–Crippen MR) is 56.7 cm³/mol. The van der Waals surface area contributed by atoms with Crippen LogP contribution >= 0.6 is 0 Å². The number of aliphatic hydroxyl groups excluding tert-OH is 1. The van der Waals surface area contributed by atoms with Crippen LogP contribution in [0.3, 0.4) is 0 Å². The third kappa shape index (κ3) is 1.45. The molecule has 0 aliphatic heterocycles. The summed E-state index contributed by atoms with van der Waals surface area (Å²) in [5.74, 6) is 0. The molecule has 1 saturated carbocycles. The Morgan fingerprint density at radius 3 is 2.36 bits per heavy atom. The summed E-state index contributed by atoms with van der Waals surface area (Å²) in [7, 11) is 0.